The molecule has 1 heterocycles. The molecule has 0 radical (unpaired) electrons. The number of nitrogens with one attached hydrogen (secondary N) is 2. The lowest BCUT2D eigenvalue weighted by molar-refractivity contribution is -0.147. The lowest BCUT2D eigenvalue weighted by atomic mass is 9.81. The normalized spacial score (nSPS) is 24.3. The number of likely N-dealkylation sites (tertiary alicyclic amines) is 1. The second kappa shape index (κ2) is 10.1. The predicted octanol–water partition coefficient (Wildman–Crippen LogP) is 0.245. The van der Waals surface area contributed by atoms with Gasteiger partial charge in [-0.05, 0) is 19.1 Å². The molecule has 2 rings (SSSR count). The van der Waals surface area contributed by atoms with Crippen LogP contribution in [0.4, 0.5) is 0 Å². The van der Waals surface area contributed by atoms with Gasteiger partial charge in [-0.3, -0.25) is 19.3 Å². The molecule has 1 saturated heterocycles. The third kappa shape index (κ3) is 4.95. The lowest BCUT2D eigenvalue weighted by Gasteiger charge is -2.25. The smallest absolute Gasteiger partial charge is 0.244 e. The van der Waals surface area contributed by atoms with Crippen LogP contribution < -0.4 is 10.6 Å². The monoisotopic (exact) mass is 371 g/mol. The van der Waals surface area contributed by atoms with Gasteiger partial charge < -0.3 is 15.4 Å². The van der Waals surface area contributed by atoms with Crippen LogP contribution in [0.5, 0.6) is 0 Å². The molecule has 8 heteroatoms. The average Bonchev–Trinajstić information content (AvgIpc) is 2.87. The van der Waals surface area contributed by atoms with Crippen LogP contribution in [-0.2, 0) is 19.1 Å². The quantitative estimate of drug-likeness (QED) is 0.423. The maximum atomic E-state index is 12.7. The maximum Gasteiger partial charge on any atom is 0.244 e. The van der Waals surface area contributed by atoms with E-state index in [1.54, 1.807) is 7.11 Å². The van der Waals surface area contributed by atoms with E-state index in [-0.39, 0.29) is 29.6 Å². The van der Waals surface area contributed by atoms with Crippen LogP contribution in [0.25, 0.3) is 0 Å². The molecule has 1 saturated carbocycles. The fourth-order valence-corrected chi connectivity index (χ4v) is 4.23. The second-order valence-electron chi connectivity index (χ2n) is 6.55. The van der Waals surface area contributed by atoms with Crippen LogP contribution in [0.2, 0.25) is 0 Å². The van der Waals surface area contributed by atoms with Crippen LogP contribution in [0.15, 0.2) is 0 Å². The van der Waals surface area contributed by atoms with E-state index in [4.69, 9.17) is 4.74 Å². The Balaban J connectivity index is 1.93. The molecular formula is C17H29N3O4S. The summed E-state index contributed by atoms with van der Waals surface area (Å²) in [6, 6.07) is -0.709. The zero-order chi connectivity index (χ0) is 18.2. The number of hydrogen-bond donors (Lipinski definition) is 2. The van der Waals surface area contributed by atoms with Gasteiger partial charge in [-0.2, -0.15) is 11.8 Å². The topological polar surface area (TPSA) is 87.7 Å². The van der Waals surface area contributed by atoms with Gasteiger partial charge >= 0.3 is 0 Å². The molecule has 142 valence electrons. The molecule has 0 aromatic rings. The number of imide groups is 1. The van der Waals surface area contributed by atoms with Gasteiger partial charge in [0.1, 0.15) is 6.04 Å². The zero-order valence-corrected chi connectivity index (χ0v) is 15.9. The summed E-state index contributed by atoms with van der Waals surface area (Å²) >= 11 is 1.47. The number of nitrogens with zero attached hydrogens (tertiary/aromatic N) is 1. The summed E-state index contributed by atoms with van der Waals surface area (Å²) in [5, 5.41) is 5.99. The highest BCUT2D eigenvalue weighted by molar-refractivity contribution is 7.98. The van der Waals surface area contributed by atoms with E-state index in [9.17, 15) is 14.4 Å². The summed E-state index contributed by atoms with van der Waals surface area (Å²) in [6.45, 7) is 2.40. The van der Waals surface area contributed by atoms with Crippen molar-refractivity contribution in [3.05, 3.63) is 0 Å². The van der Waals surface area contributed by atoms with Gasteiger partial charge in [-0.15, -0.1) is 0 Å². The van der Waals surface area contributed by atoms with Crippen molar-refractivity contribution in [2.45, 2.75) is 31.7 Å². The highest BCUT2D eigenvalue weighted by Gasteiger charge is 2.51. The van der Waals surface area contributed by atoms with E-state index in [1.807, 2.05) is 6.26 Å². The van der Waals surface area contributed by atoms with E-state index in [2.05, 4.69) is 10.6 Å². The molecule has 3 atom stereocenters. The van der Waals surface area contributed by atoms with E-state index in [0.717, 1.165) is 25.7 Å². The minimum Gasteiger partial charge on any atom is -0.383 e. The summed E-state index contributed by atoms with van der Waals surface area (Å²) in [6.07, 6.45) is 5.39. The number of amides is 3. The summed E-state index contributed by atoms with van der Waals surface area (Å²) in [4.78, 5) is 39.3. The fraction of sp³-hybridized carbons (Fsp3) is 0.824. The minimum atomic E-state index is -0.709. The summed E-state index contributed by atoms with van der Waals surface area (Å²) in [5.41, 5.74) is 0. The van der Waals surface area contributed by atoms with Gasteiger partial charge in [0.2, 0.25) is 17.7 Å². The average molecular weight is 372 g/mol. The molecule has 0 aromatic carbocycles. The number of fused-ring (bicyclic) bond motifs is 1. The van der Waals surface area contributed by atoms with Gasteiger partial charge in [0, 0.05) is 32.5 Å². The first-order chi connectivity index (χ1) is 12.1. The maximum absolute atomic E-state index is 12.7. The molecule has 7 nitrogen and oxygen atoms in total. The third-order valence-electron chi connectivity index (χ3n) is 4.90. The van der Waals surface area contributed by atoms with Gasteiger partial charge in [0.05, 0.1) is 18.4 Å². The number of hydrogen-bond acceptors (Lipinski definition) is 6. The molecular weight excluding hydrogens is 342 g/mol. The molecule has 0 aromatic heterocycles. The molecule has 25 heavy (non-hydrogen) atoms. The van der Waals surface area contributed by atoms with Crippen LogP contribution in [0.3, 0.4) is 0 Å². The highest BCUT2D eigenvalue weighted by atomic mass is 32.2. The number of methoxy groups -OCH3 is 1. The summed E-state index contributed by atoms with van der Waals surface area (Å²) < 4.78 is 4.94. The van der Waals surface area contributed by atoms with Crippen molar-refractivity contribution >= 4 is 29.5 Å². The third-order valence-corrected chi connectivity index (χ3v) is 5.55. The molecule has 1 aliphatic heterocycles. The molecule has 2 fully saturated rings. The van der Waals surface area contributed by atoms with Crippen molar-refractivity contribution in [3.63, 3.8) is 0 Å². The van der Waals surface area contributed by atoms with Crippen molar-refractivity contribution in [3.8, 4) is 0 Å². The number of carbonyl (C=O) groups is 3. The van der Waals surface area contributed by atoms with E-state index >= 15 is 0 Å². The highest BCUT2D eigenvalue weighted by Crippen LogP contribution is 2.39. The summed E-state index contributed by atoms with van der Waals surface area (Å²) in [7, 11) is 1.64. The van der Waals surface area contributed by atoms with Crippen molar-refractivity contribution in [1.29, 1.82) is 0 Å². The van der Waals surface area contributed by atoms with Crippen LogP contribution in [0, 0.1) is 11.8 Å². The number of ether oxygens (including phenoxy) is 1. The molecule has 3 unspecified atom stereocenters. The van der Waals surface area contributed by atoms with Gasteiger partial charge in [0.25, 0.3) is 0 Å². The Hall–Kier alpha value is -1.12. The fourth-order valence-electron chi connectivity index (χ4n) is 3.61. The van der Waals surface area contributed by atoms with E-state index in [0.29, 0.717) is 32.0 Å². The van der Waals surface area contributed by atoms with Gasteiger partial charge in [-0.1, -0.05) is 12.8 Å². The Morgan fingerprint density at radius 2 is 1.84 bits per heavy atom. The number of thioether (sulfide) groups is 1. The van der Waals surface area contributed by atoms with E-state index in [1.165, 1.54) is 16.7 Å². The predicted molar refractivity (Wildman–Crippen MR) is 97.2 cm³/mol. The largest absolute Gasteiger partial charge is 0.383 e. The van der Waals surface area contributed by atoms with Crippen LogP contribution >= 0.6 is 11.8 Å². The first kappa shape index (κ1) is 20.2. The zero-order valence-electron chi connectivity index (χ0n) is 15.1. The van der Waals surface area contributed by atoms with E-state index < -0.39 is 6.04 Å². The Labute approximate surface area is 153 Å². The molecule has 2 N–H and O–H groups in total. The molecule has 0 spiro atoms. The van der Waals surface area contributed by atoms with Crippen molar-refractivity contribution in [2.24, 2.45) is 11.8 Å². The molecule has 1 aliphatic carbocycles. The van der Waals surface area contributed by atoms with Gasteiger partial charge in [0.15, 0.2) is 0 Å². The second-order valence-corrected chi connectivity index (χ2v) is 7.46. The Morgan fingerprint density at radius 3 is 2.40 bits per heavy atom. The molecule has 0 bridgehead atoms. The number of carbonyl (C=O) groups excluding carboxylic acids is 3. The SMILES string of the molecule is COCCNCCNC(=O)C(CSC)N1C(=O)C2CCCCC2C1=O. The van der Waals surface area contributed by atoms with Crippen LogP contribution in [0.1, 0.15) is 25.7 Å². The van der Waals surface area contributed by atoms with Gasteiger partial charge in [-0.25, -0.2) is 0 Å². The standard InChI is InChI=1S/C17H29N3O4S/c1-24-10-9-18-7-8-19-15(21)14(11-25-2)20-16(22)12-5-3-4-6-13(12)17(20)23/h12-14,18H,3-11H2,1-2H3,(H,19,21). The first-order valence-electron chi connectivity index (χ1n) is 8.95. The Morgan fingerprint density at radius 1 is 1.20 bits per heavy atom. The number of rotatable bonds is 10. The van der Waals surface area contributed by atoms with Crippen molar-refractivity contribution < 1.29 is 19.1 Å². The first-order valence-corrected chi connectivity index (χ1v) is 10.3. The van der Waals surface area contributed by atoms with Crippen molar-refractivity contribution in [1.82, 2.24) is 15.5 Å². The van der Waals surface area contributed by atoms with Crippen LogP contribution in [-0.4, -0.2) is 74.0 Å². The molecule has 2 aliphatic rings. The Kier molecular flexibility index (Phi) is 8.18. The Bertz CT molecular complexity index is 465. The molecule has 3 amide bonds. The van der Waals surface area contributed by atoms with Crippen molar-refractivity contribution in [2.75, 3.05) is 45.4 Å². The minimum absolute atomic E-state index is 0.151. The lowest BCUT2D eigenvalue weighted by Crippen LogP contribution is -2.52. The summed E-state index contributed by atoms with van der Waals surface area (Å²) in [5.74, 6) is -0.546.